The number of rotatable bonds is 3. The molecule has 0 aliphatic carbocycles. The second-order valence-corrected chi connectivity index (χ2v) is 3.17. The summed E-state index contributed by atoms with van der Waals surface area (Å²) in [5.41, 5.74) is 15.6. The number of nitrogens with zero attached hydrogens (tertiary/aromatic N) is 2. The Morgan fingerprint density at radius 1 is 1.17 bits per heavy atom. The minimum absolute atomic E-state index is 0.0226. The van der Waals surface area contributed by atoms with Crippen LogP contribution in [-0.2, 0) is 0 Å². The lowest BCUT2D eigenvalue weighted by molar-refractivity contribution is 0.374. The average Bonchev–Trinajstić information content (AvgIpc) is 2.30. The molecule has 0 heterocycles. The molecule has 0 saturated carbocycles. The number of benzene rings is 1. The maximum Gasteiger partial charge on any atom is 0.223 e. The first-order valence-electron chi connectivity index (χ1n) is 4.83. The standard InChI is InChI=1S/C10H14FN5O2/c1-17-5-3-6(8(11)7(4-5)18-2)15-10(14)16-9(12)13/h3-4H,1-2H3,(H6,12,13,14,15,16). The Hall–Kier alpha value is -2.51. The topological polar surface area (TPSA) is 121 Å². The van der Waals surface area contributed by atoms with Gasteiger partial charge in [0.05, 0.1) is 14.2 Å². The summed E-state index contributed by atoms with van der Waals surface area (Å²) in [4.78, 5) is 7.20. The van der Waals surface area contributed by atoms with Crippen molar-refractivity contribution in [3.05, 3.63) is 17.9 Å². The van der Waals surface area contributed by atoms with Gasteiger partial charge in [-0.05, 0) is 0 Å². The van der Waals surface area contributed by atoms with Gasteiger partial charge in [-0.25, -0.2) is 9.38 Å². The Kier molecular flexibility index (Phi) is 4.30. The summed E-state index contributed by atoms with van der Waals surface area (Å²) >= 11 is 0. The molecule has 6 N–H and O–H groups in total. The van der Waals surface area contributed by atoms with Gasteiger partial charge in [0.1, 0.15) is 11.4 Å². The fourth-order valence-electron chi connectivity index (χ4n) is 1.19. The predicted molar refractivity (Wildman–Crippen MR) is 66.6 cm³/mol. The summed E-state index contributed by atoms with van der Waals surface area (Å²) in [5, 5.41) is 0. The molecule has 7 nitrogen and oxygen atoms in total. The van der Waals surface area contributed by atoms with Crippen LogP contribution < -0.4 is 26.7 Å². The molecule has 0 aliphatic heterocycles. The second-order valence-electron chi connectivity index (χ2n) is 3.17. The van der Waals surface area contributed by atoms with Crippen LogP contribution in [0.3, 0.4) is 0 Å². The van der Waals surface area contributed by atoms with Gasteiger partial charge in [-0.1, -0.05) is 0 Å². The molecule has 0 radical (unpaired) electrons. The van der Waals surface area contributed by atoms with E-state index in [0.29, 0.717) is 5.75 Å². The number of hydrogen-bond donors (Lipinski definition) is 3. The van der Waals surface area contributed by atoms with E-state index in [2.05, 4.69) is 9.98 Å². The number of methoxy groups -OCH3 is 2. The zero-order valence-corrected chi connectivity index (χ0v) is 9.98. The summed E-state index contributed by atoms with van der Waals surface area (Å²) in [6.07, 6.45) is 0. The number of halogens is 1. The molecule has 18 heavy (non-hydrogen) atoms. The van der Waals surface area contributed by atoms with E-state index in [9.17, 15) is 4.39 Å². The number of hydrogen-bond acceptors (Lipinski definition) is 3. The summed E-state index contributed by atoms with van der Waals surface area (Å²) in [7, 11) is 2.75. The summed E-state index contributed by atoms with van der Waals surface area (Å²) in [5.74, 6) is -0.891. The SMILES string of the molecule is COc1cc(N=C(N)N=C(N)N)c(F)c(OC)c1. The summed E-state index contributed by atoms with van der Waals surface area (Å²) in [6.45, 7) is 0. The number of nitrogens with two attached hydrogens (primary N) is 3. The lowest BCUT2D eigenvalue weighted by Gasteiger charge is -2.07. The van der Waals surface area contributed by atoms with Crippen molar-refractivity contribution in [2.45, 2.75) is 0 Å². The molecule has 98 valence electrons. The molecular weight excluding hydrogens is 241 g/mol. The number of aliphatic imine (C=N–C) groups is 2. The predicted octanol–water partition coefficient (Wildman–Crippen LogP) is 0.0625. The van der Waals surface area contributed by atoms with Crippen molar-refractivity contribution < 1.29 is 13.9 Å². The maximum absolute atomic E-state index is 13.8. The zero-order valence-electron chi connectivity index (χ0n) is 9.98. The fourth-order valence-corrected chi connectivity index (χ4v) is 1.19. The fraction of sp³-hybridized carbons (Fsp3) is 0.200. The van der Waals surface area contributed by atoms with Crippen molar-refractivity contribution in [3.8, 4) is 11.5 Å². The van der Waals surface area contributed by atoms with Gasteiger partial charge >= 0.3 is 0 Å². The molecule has 0 bridgehead atoms. The highest BCUT2D eigenvalue weighted by Gasteiger charge is 2.12. The van der Waals surface area contributed by atoms with Crippen LogP contribution in [0, 0.1) is 5.82 Å². The Labute approximate surface area is 103 Å². The Balaban J connectivity index is 3.27. The quantitative estimate of drug-likeness (QED) is 0.521. The van der Waals surface area contributed by atoms with Gasteiger partial charge in [0.25, 0.3) is 0 Å². The monoisotopic (exact) mass is 255 g/mol. The van der Waals surface area contributed by atoms with Gasteiger partial charge in [-0.2, -0.15) is 4.99 Å². The Morgan fingerprint density at radius 3 is 2.33 bits per heavy atom. The van der Waals surface area contributed by atoms with Crippen LogP contribution in [0.5, 0.6) is 11.5 Å². The molecule has 0 spiro atoms. The van der Waals surface area contributed by atoms with Crippen LogP contribution in [0.2, 0.25) is 0 Å². The van der Waals surface area contributed by atoms with E-state index in [1.54, 1.807) is 0 Å². The molecule has 0 amide bonds. The molecule has 1 aromatic carbocycles. The minimum atomic E-state index is -0.688. The lowest BCUT2D eigenvalue weighted by atomic mass is 10.2. The van der Waals surface area contributed by atoms with Crippen LogP contribution in [-0.4, -0.2) is 26.1 Å². The summed E-state index contributed by atoms with van der Waals surface area (Å²) < 4.78 is 23.6. The van der Waals surface area contributed by atoms with Crippen LogP contribution in [0.15, 0.2) is 22.1 Å². The van der Waals surface area contributed by atoms with Crippen molar-refractivity contribution in [3.63, 3.8) is 0 Å². The maximum atomic E-state index is 13.8. The zero-order chi connectivity index (χ0) is 13.7. The van der Waals surface area contributed by atoms with Crippen LogP contribution >= 0.6 is 0 Å². The van der Waals surface area contributed by atoms with Gasteiger partial charge in [0, 0.05) is 12.1 Å². The number of ether oxygens (including phenoxy) is 2. The molecule has 0 fully saturated rings. The normalized spacial score (nSPS) is 10.9. The third kappa shape index (κ3) is 3.24. The van der Waals surface area contributed by atoms with Crippen molar-refractivity contribution in [2.75, 3.05) is 14.2 Å². The van der Waals surface area contributed by atoms with Crippen LogP contribution in [0.25, 0.3) is 0 Å². The molecule has 0 saturated heterocycles. The molecule has 1 aromatic rings. The van der Waals surface area contributed by atoms with E-state index in [4.69, 9.17) is 26.7 Å². The molecule has 8 heteroatoms. The molecule has 0 aliphatic rings. The van der Waals surface area contributed by atoms with Crippen LogP contribution in [0.4, 0.5) is 10.1 Å². The van der Waals surface area contributed by atoms with Crippen LogP contribution in [0.1, 0.15) is 0 Å². The van der Waals surface area contributed by atoms with E-state index in [1.165, 1.54) is 26.4 Å². The van der Waals surface area contributed by atoms with E-state index in [0.717, 1.165) is 0 Å². The Bertz CT molecular complexity index is 497. The highest BCUT2D eigenvalue weighted by molar-refractivity contribution is 5.93. The molecule has 0 atom stereocenters. The first-order valence-corrected chi connectivity index (χ1v) is 4.83. The first kappa shape index (κ1) is 13.6. The van der Waals surface area contributed by atoms with Gasteiger partial charge in [-0.3, -0.25) is 0 Å². The first-order chi connectivity index (χ1) is 8.47. The van der Waals surface area contributed by atoms with Crippen molar-refractivity contribution in [1.82, 2.24) is 0 Å². The van der Waals surface area contributed by atoms with Crippen molar-refractivity contribution >= 4 is 17.6 Å². The highest BCUT2D eigenvalue weighted by atomic mass is 19.1. The number of guanidine groups is 2. The second kappa shape index (κ2) is 5.71. The molecule has 1 rings (SSSR count). The smallest absolute Gasteiger partial charge is 0.223 e. The van der Waals surface area contributed by atoms with Gasteiger partial charge in [0.2, 0.25) is 5.96 Å². The van der Waals surface area contributed by atoms with E-state index in [1.807, 2.05) is 0 Å². The Morgan fingerprint density at radius 2 is 1.83 bits per heavy atom. The molecular formula is C10H14FN5O2. The van der Waals surface area contributed by atoms with Gasteiger partial charge in [-0.15, -0.1) is 0 Å². The van der Waals surface area contributed by atoms with E-state index < -0.39 is 5.82 Å². The van der Waals surface area contributed by atoms with Gasteiger partial charge < -0.3 is 26.7 Å². The van der Waals surface area contributed by atoms with E-state index >= 15 is 0 Å². The third-order valence-corrected chi connectivity index (χ3v) is 1.93. The van der Waals surface area contributed by atoms with E-state index in [-0.39, 0.29) is 23.4 Å². The third-order valence-electron chi connectivity index (χ3n) is 1.93. The highest BCUT2D eigenvalue weighted by Crippen LogP contribution is 2.32. The average molecular weight is 255 g/mol. The minimum Gasteiger partial charge on any atom is -0.497 e. The summed E-state index contributed by atoms with van der Waals surface area (Å²) in [6, 6.07) is 2.72. The molecule has 0 aromatic heterocycles. The van der Waals surface area contributed by atoms with Crippen molar-refractivity contribution in [2.24, 2.45) is 27.2 Å². The lowest BCUT2D eigenvalue weighted by Crippen LogP contribution is -2.26. The van der Waals surface area contributed by atoms with Gasteiger partial charge in [0.15, 0.2) is 17.5 Å². The van der Waals surface area contributed by atoms with Crippen molar-refractivity contribution in [1.29, 1.82) is 0 Å². The largest absolute Gasteiger partial charge is 0.497 e. The molecule has 0 unspecified atom stereocenters.